The number of rotatable bonds is 5. The molecule has 0 aromatic heterocycles. The molecule has 1 heterocycles. The molecule has 142 valence electrons. The molecule has 1 atom stereocenters. The number of ether oxygens (including phenoxy) is 1. The summed E-state index contributed by atoms with van der Waals surface area (Å²) in [6.07, 6.45) is -4.85. The van der Waals surface area contributed by atoms with Crippen molar-refractivity contribution in [1.29, 1.82) is 0 Å². The van der Waals surface area contributed by atoms with Crippen molar-refractivity contribution in [3.05, 3.63) is 54.1 Å². The summed E-state index contributed by atoms with van der Waals surface area (Å²) in [6.45, 7) is 0.348. The van der Waals surface area contributed by atoms with Crippen LogP contribution in [-0.4, -0.2) is 24.2 Å². The van der Waals surface area contributed by atoms with Gasteiger partial charge in [0.15, 0.2) is 0 Å². The minimum absolute atomic E-state index is 0.0397. The number of carbonyl (C=O) groups is 2. The number of hydrogen-bond acceptors (Lipinski definition) is 5. The molecular formula is C18H16F3N3O3. The van der Waals surface area contributed by atoms with Gasteiger partial charge in [0.05, 0.1) is 18.2 Å². The molecule has 2 amide bonds. The SMILES string of the molecule is Nc1cccc(CNC2CC(=O)N(c3ccc(OC(F)(F)F)cc3)C2=O)c1. The molecule has 3 N–H and O–H groups in total. The number of nitrogen functional groups attached to an aromatic ring is 1. The number of imide groups is 1. The molecule has 0 spiro atoms. The van der Waals surface area contributed by atoms with E-state index in [1.165, 1.54) is 12.1 Å². The third-order valence-electron chi connectivity index (χ3n) is 3.98. The molecule has 1 unspecified atom stereocenters. The quantitative estimate of drug-likeness (QED) is 0.616. The van der Waals surface area contributed by atoms with Crippen LogP contribution in [0.25, 0.3) is 0 Å². The Morgan fingerprint density at radius 1 is 1.15 bits per heavy atom. The summed E-state index contributed by atoms with van der Waals surface area (Å²) < 4.78 is 40.4. The van der Waals surface area contributed by atoms with Crippen molar-refractivity contribution >= 4 is 23.2 Å². The number of halogens is 3. The summed E-state index contributed by atoms with van der Waals surface area (Å²) in [7, 11) is 0. The summed E-state index contributed by atoms with van der Waals surface area (Å²) in [5.41, 5.74) is 7.34. The first-order chi connectivity index (χ1) is 12.7. The first-order valence-corrected chi connectivity index (χ1v) is 8.03. The lowest BCUT2D eigenvalue weighted by atomic mass is 10.2. The van der Waals surface area contributed by atoms with E-state index in [9.17, 15) is 22.8 Å². The number of nitrogens with two attached hydrogens (primary N) is 1. The van der Waals surface area contributed by atoms with Gasteiger partial charge in [-0.3, -0.25) is 9.59 Å². The number of hydrogen-bond donors (Lipinski definition) is 2. The van der Waals surface area contributed by atoms with E-state index >= 15 is 0 Å². The highest BCUT2D eigenvalue weighted by Crippen LogP contribution is 2.28. The van der Waals surface area contributed by atoms with Crippen molar-refractivity contribution in [2.45, 2.75) is 25.4 Å². The van der Waals surface area contributed by atoms with Gasteiger partial charge < -0.3 is 15.8 Å². The van der Waals surface area contributed by atoms with Crippen molar-refractivity contribution in [2.24, 2.45) is 0 Å². The monoisotopic (exact) mass is 379 g/mol. The summed E-state index contributed by atoms with van der Waals surface area (Å²) in [4.78, 5) is 25.7. The maximum atomic E-state index is 12.5. The number of amides is 2. The van der Waals surface area contributed by atoms with E-state index in [2.05, 4.69) is 10.1 Å². The molecule has 0 aliphatic carbocycles. The van der Waals surface area contributed by atoms with E-state index in [1.54, 1.807) is 18.2 Å². The second kappa shape index (κ2) is 7.28. The Balaban J connectivity index is 1.67. The van der Waals surface area contributed by atoms with Gasteiger partial charge in [0.25, 0.3) is 5.91 Å². The normalized spacial score (nSPS) is 17.4. The van der Waals surface area contributed by atoms with Gasteiger partial charge in [-0.15, -0.1) is 13.2 Å². The fraction of sp³-hybridized carbons (Fsp3) is 0.222. The van der Waals surface area contributed by atoms with Crippen LogP contribution in [0.15, 0.2) is 48.5 Å². The molecule has 3 rings (SSSR count). The van der Waals surface area contributed by atoms with E-state index in [0.29, 0.717) is 12.2 Å². The van der Waals surface area contributed by atoms with Gasteiger partial charge in [-0.25, -0.2) is 4.90 Å². The van der Waals surface area contributed by atoms with Crippen molar-refractivity contribution in [2.75, 3.05) is 10.6 Å². The molecule has 2 aromatic rings. The second-order valence-corrected chi connectivity index (χ2v) is 5.99. The van der Waals surface area contributed by atoms with E-state index in [0.717, 1.165) is 22.6 Å². The topological polar surface area (TPSA) is 84.7 Å². The van der Waals surface area contributed by atoms with Crippen molar-refractivity contribution in [3.63, 3.8) is 0 Å². The number of benzene rings is 2. The third kappa shape index (κ3) is 4.56. The van der Waals surface area contributed by atoms with Gasteiger partial charge in [0.1, 0.15) is 5.75 Å². The minimum Gasteiger partial charge on any atom is -0.406 e. The third-order valence-corrected chi connectivity index (χ3v) is 3.98. The van der Waals surface area contributed by atoms with Gasteiger partial charge in [-0.1, -0.05) is 12.1 Å². The Bertz CT molecular complexity index is 853. The van der Waals surface area contributed by atoms with Gasteiger partial charge in [0, 0.05) is 12.2 Å². The zero-order valence-corrected chi connectivity index (χ0v) is 14.0. The lowest BCUT2D eigenvalue weighted by molar-refractivity contribution is -0.274. The number of nitrogens with one attached hydrogen (secondary N) is 1. The number of anilines is 2. The van der Waals surface area contributed by atoms with E-state index < -0.39 is 30.0 Å². The van der Waals surface area contributed by atoms with E-state index in [4.69, 9.17) is 5.73 Å². The second-order valence-electron chi connectivity index (χ2n) is 5.99. The molecule has 0 bridgehead atoms. The van der Waals surface area contributed by atoms with E-state index in [1.807, 2.05) is 6.07 Å². The van der Waals surface area contributed by atoms with Crippen LogP contribution >= 0.6 is 0 Å². The van der Waals surface area contributed by atoms with Gasteiger partial charge >= 0.3 is 6.36 Å². The lowest BCUT2D eigenvalue weighted by Crippen LogP contribution is -2.38. The van der Waals surface area contributed by atoms with Crippen molar-refractivity contribution in [3.8, 4) is 5.75 Å². The molecule has 6 nitrogen and oxygen atoms in total. The molecule has 1 aliphatic heterocycles. The molecule has 1 saturated heterocycles. The standard InChI is InChI=1S/C18H16F3N3O3/c19-18(20,21)27-14-6-4-13(5-7-14)24-16(25)9-15(17(24)26)23-10-11-2-1-3-12(22)8-11/h1-8,15,23H,9-10,22H2. The van der Waals surface area contributed by atoms with Crippen LogP contribution in [0, 0.1) is 0 Å². The highest BCUT2D eigenvalue weighted by Gasteiger charge is 2.39. The molecule has 27 heavy (non-hydrogen) atoms. The Morgan fingerprint density at radius 2 is 1.85 bits per heavy atom. The van der Waals surface area contributed by atoms with Crippen molar-refractivity contribution < 1.29 is 27.5 Å². The van der Waals surface area contributed by atoms with Gasteiger partial charge in [0.2, 0.25) is 5.91 Å². The Kier molecular flexibility index (Phi) is 5.04. The average molecular weight is 379 g/mol. The minimum atomic E-state index is -4.81. The fourth-order valence-corrected chi connectivity index (χ4v) is 2.80. The smallest absolute Gasteiger partial charge is 0.406 e. The molecular weight excluding hydrogens is 363 g/mol. The highest BCUT2D eigenvalue weighted by atomic mass is 19.4. The zero-order chi connectivity index (χ0) is 19.6. The molecule has 2 aromatic carbocycles. The largest absolute Gasteiger partial charge is 0.573 e. The predicted molar refractivity (Wildman–Crippen MR) is 91.7 cm³/mol. The summed E-state index contributed by atoms with van der Waals surface area (Å²) >= 11 is 0. The Morgan fingerprint density at radius 3 is 2.48 bits per heavy atom. The number of carbonyl (C=O) groups excluding carboxylic acids is 2. The maximum absolute atomic E-state index is 12.5. The Labute approximate surface area is 152 Å². The molecule has 1 aliphatic rings. The van der Waals surface area contributed by atoms with Gasteiger partial charge in [-0.05, 0) is 42.0 Å². The summed E-state index contributed by atoms with van der Waals surface area (Å²) in [5, 5.41) is 3.01. The summed E-state index contributed by atoms with van der Waals surface area (Å²) in [6, 6.07) is 11.0. The molecule has 9 heteroatoms. The maximum Gasteiger partial charge on any atom is 0.573 e. The van der Waals surface area contributed by atoms with Gasteiger partial charge in [-0.2, -0.15) is 0 Å². The first kappa shape index (κ1) is 18.7. The Hall–Kier alpha value is -3.07. The lowest BCUT2D eigenvalue weighted by Gasteiger charge is -2.16. The van der Waals surface area contributed by atoms with Crippen LogP contribution in [0.2, 0.25) is 0 Å². The number of alkyl halides is 3. The van der Waals surface area contributed by atoms with E-state index in [-0.39, 0.29) is 12.1 Å². The molecule has 0 radical (unpaired) electrons. The first-order valence-electron chi connectivity index (χ1n) is 8.03. The molecule has 0 saturated carbocycles. The molecule has 1 fully saturated rings. The van der Waals surface area contributed by atoms with Crippen LogP contribution in [0.3, 0.4) is 0 Å². The van der Waals surface area contributed by atoms with Crippen molar-refractivity contribution in [1.82, 2.24) is 5.32 Å². The van der Waals surface area contributed by atoms with Crippen LogP contribution in [0.5, 0.6) is 5.75 Å². The van der Waals surface area contributed by atoms with Crippen LogP contribution in [0.1, 0.15) is 12.0 Å². The fourth-order valence-electron chi connectivity index (χ4n) is 2.80. The van der Waals surface area contributed by atoms with Crippen LogP contribution in [0.4, 0.5) is 24.5 Å². The average Bonchev–Trinajstić information content (AvgIpc) is 2.86. The predicted octanol–water partition coefficient (Wildman–Crippen LogP) is 2.59. The number of nitrogens with zero attached hydrogens (tertiary/aromatic N) is 1. The highest BCUT2D eigenvalue weighted by molar-refractivity contribution is 6.22. The summed E-state index contributed by atoms with van der Waals surface area (Å²) in [5.74, 6) is -1.33. The zero-order valence-electron chi connectivity index (χ0n) is 14.0. The van der Waals surface area contributed by atoms with Crippen LogP contribution in [-0.2, 0) is 16.1 Å². The van der Waals surface area contributed by atoms with Crippen LogP contribution < -0.4 is 20.7 Å².